The molecule has 1 atom stereocenters. The highest BCUT2D eigenvalue weighted by atomic mass is 35.5. The first-order chi connectivity index (χ1) is 12.3. The molecule has 0 spiro atoms. The van der Waals surface area contributed by atoms with Crippen LogP contribution < -0.4 is 15.2 Å². The van der Waals surface area contributed by atoms with Gasteiger partial charge in [-0.2, -0.15) is 0 Å². The first-order valence-electron chi connectivity index (χ1n) is 9.07. The summed E-state index contributed by atoms with van der Waals surface area (Å²) >= 11 is 0. The van der Waals surface area contributed by atoms with E-state index < -0.39 is 0 Å². The van der Waals surface area contributed by atoms with Gasteiger partial charge in [0.15, 0.2) is 11.9 Å². The summed E-state index contributed by atoms with van der Waals surface area (Å²) in [5, 5.41) is 0. The molecule has 1 aromatic carbocycles. The number of benzene rings is 1. The van der Waals surface area contributed by atoms with Crippen molar-refractivity contribution in [1.29, 1.82) is 0 Å². The number of piperidine rings is 1. The zero-order valence-corrected chi connectivity index (χ0v) is 16.9. The average Bonchev–Trinajstić information content (AvgIpc) is 2.69. The van der Waals surface area contributed by atoms with E-state index in [4.69, 9.17) is 15.2 Å². The highest BCUT2D eigenvalue weighted by Gasteiger charge is 2.23. The Labute approximate surface area is 173 Å². The number of nitrogens with zero attached hydrogens (tertiary/aromatic N) is 2. The highest BCUT2D eigenvalue weighted by molar-refractivity contribution is 5.85. The Balaban J connectivity index is 0.00000131. The fourth-order valence-corrected chi connectivity index (χ4v) is 3.55. The molecule has 27 heavy (non-hydrogen) atoms. The number of halogens is 2. The van der Waals surface area contributed by atoms with E-state index in [2.05, 4.69) is 34.1 Å². The molecule has 1 fully saturated rings. The second kappa shape index (κ2) is 10.1. The van der Waals surface area contributed by atoms with Gasteiger partial charge in [-0.3, -0.25) is 4.90 Å². The lowest BCUT2D eigenvalue weighted by Gasteiger charge is -2.31. The number of pyridine rings is 1. The monoisotopic (exact) mass is 411 g/mol. The van der Waals surface area contributed by atoms with Crippen LogP contribution in [0.5, 0.6) is 11.6 Å². The molecule has 7 heteroatoms. The van der Waals surface area contributed by atoms with Gasteiger partial charge in [0.05, 0.1) is 0 Å². The quantitative estimate of drug-likeness (QED) is 0.832. The number of nitrogens with two attached hydrogens (primary N) is 1. The molecular formula is C20H27Cl2N3O2. The van der Waals surface area contributed by atoms with Crippen LogP contribution in [0.1, 0.15) is 30.1 Å². The average molecular weight is 412 g/mol. The molecule has 0 radical (unpaired) electrons. The molecule has 0 bridgehead atoms. The number of aromatic nitrogens is 1. The molecule has 5 nitrogen and oxygen atoms in total. The number of ether oxygens (including phenoxy) is 2. The fourth-order valence-electron chi connectivity index (χ4n) is 3.55. The molecule has 2 aromatic rings. The Kier molecular flexibility index (Phi) is 8.17. The lowest BCUT2D eigenvalue weighted by molar-refractivity contribution is 0.0850. The number of hydrogen-bond donors (Lipinski definition) is 1. The van der Waals surface area contributed by atoms with Crippen molar-refractivity contribution in [3.8, 4) is 11.6 Å². The van der Waals surface area contributed by atoms with Gasteiger partial charge in [0.25, 0.3) is 5.88 Å². The summed E-state index contributed by atoms with van der Waals surface area (Å²) in [7, 11) is 0. The van der Waals surface area contributed by atoms with Crippen LogP contribution in [-0.2, 0) is 6.54 Å². The van der Waals surface area contributed by atoms with Crippen molar-refractivity contribution in [2.24, 2.45) is 11.7 Å². The normalized spacial score (nSPS) is 19.7. The first kappa shape index (κ1) is 21.8. The van der Waals surface area contributed by atoms with Crippen LogP contribution in [-0.4, -0.2) is 36.1 Å². The maximum Gasteiger partial charge on any atom is 0.257 e. The van der Waals surface area contributed by atoms with Gasteiger partial charge in [-0.15, -0.1) is 24.8 Å². The van der Waals surface area contributed by atoms with Gasteiger partial charge in [-0.05, 0) is 61.7 Å². The van der Waals surface area contributed by atoms with Gasteiger partial charge in [-0.1, -0.05) is 24.3 Å². The van der Waals surface area contributed by atoms with Crippen molar-refractivity contribution in [3.63, 3.8) is 0 Å². The number of fused-ring (bicyclic) bond motifs is 1. The Morgan fingerprint density at radius 3 is 2.52 bits per heavy atom. The van der Waals surface area contributed by atoms with E-state index in [-0.39, 0.29) is 30.9 Å². The molecule has 0 amide bonds. The lowest BCUT2D eigenvalue weighted by atomic mass is 9.96. The van der Waals surface area contributed by atoms with Crippen LogP contribution in [0.3, 0.4) is 0 Å². The van der Waals surface area contributed by atoms with Crippen molar-refractivity contribution in [2.45, 2.75) is 25.5 Å². The minimum Gasteiger partial charge on any atom is -0.484 e. The third-order valence-corrected chi connectivity index (χ3v) is 5.18. The number of rotatable bonds is 4. The predicted molar refractivity (Wildman–Crippen MR) is 111 cm³/mol. The molecule has 1 saturated heterocycles. The first-order valence-corrected chi connectivity index (χ1v) is 9.07. The van der Waals surface area contributed by atoms with E-state index in [1.54, 1.807) is 6.20 Å². The minimum absolute atomic E-state index is 0. The maximum absolute atomic E-state index is 5.97. The third-order valence-electron chi connectivity index (χ3n) is 5.18. The van der Waals surface area contributed by atoms with Gasteiger partial charge < -0.3 is 15.2 Å². The third kappa shape index (κ3) is 5.26. The molecule has 2 aliphatic heterocycles. The highest BCUT2D eigenvalue weighted by Crippen LogP contribution is 2.34. The van der Waals surface area contributed by atoms with Crippen LogP contribution in [0, 0.1) is 5.92 Å². The Morgan fingerprint density at radius 1 is 1.07 bits per heavy atom. The van der Waals surface area contributed by atoms with Crippen molar-refractivity contribution >= 4 is 24.8 Å². The van der Waals surface area contributed by atoms with E-state index >= 15 is 0 Å². The molecule has 3 heterocycles. The molecule has 2 aliphatic rings. The number of hydrogen-bond acceptors (Lipinski definition) is 5. The van der Waals surface area contributed by atoms with Gasteiger partial charge in [0.2, 0.25) is 0 Å². The smallest absolute Gasteiger partial charge is 0.257 e. The zero-order valence-electron chi connectivity index (χ0n) is 15.3. The molecule has 0 saturated carbocycles. The van der Waals surface area contributed by atoms with Crippen LogP contribution in [0.2, 0.25) is 0 Å². The summed E-state index contributed by atoms with van der Waals surface area (Å²) in [6.45, 7) is 4.63. The summed E-state index contributed by atoms with van der Waals surface area (Å²) in [5.74, 6) is 2.00. The summed E-state index contributed by atoms with van der Waals surface area (Å²) < 4.78 is 11.7. The molecule has 1 aromatic heterocycles. The van der Waals surface area contributed by atoms with E-state index in [1.165, 1.54) is 18.4 Å². The van der Waals surface area contributed by atoms with Gasteiger partial charge in [0, 0.05) is 12.7 Å². The topological polar surface area (TPSA) is 60.6 Å². The standard InChI is InChI=1S/C20H25N3O2.2ClH/c21-12-15-7-10-23(11-8-15)13-16-3-5-17(6-4-16)19-14-24-18-2-1-9-22-20(18)25-19;;/h1-6,9,15,19H,7-8,10-14,21H2;2*1H/t19-;;/m1../s1. The van der Waals surface area contributed by atoms with Gasteiger partial charge in [-0.25, -0.2) is 4.98 Å². The van der Waals surface area contributed by atoms with Crippen molar-refractivity contribution < 1.29 is 9.47 Å². The molecule has 0 aliphatic carbocycles. The predicted octanol–water partition coefficient (Wildman–Crippen LogP) is 3.61. The van der Waals surface area contributed by atoms with E-state index in [0.717, 1.165) is 37.5 Å². The molecular weight excluding hydrogens is 385 g/mol. The summed E-state index contributed by atoms with van der Waals surface area (Å²) in [4.78, 5) is 6.76. The van der Waals surface area contributed by atoms with Crippen molar-refractivity contribution in [1.82, 2.24) is 9.88 Å². The Bertz CT molecular complexity index is 707. The van der Waals surface area contributed by atoms with E-state index in [9.17, 15) is 0 Å². The second-order valence-electron chi connectivity index (χ2n) is 6.92. The number of likely N-dealkylation sites (tertiary alicyclic amines) is 1. The zero-order chi connectivity index (χ0) is 17.1. The van der Waals surface area contributed by atoms with Crippen LogP contribution >= 0.6 is 24.8 Å². The Morgan fingerprint density at radius 2 is 1.81 bits per heavy atom. The summed E-state index contributed by atoms with van der Waals surface area (Å²) in [6.07, 6.45) is 4.06. The molecule has 0 unspecified atom stereocenters. The van der Waals surface area contributed by atoms with Crippen molar-refractivity contribution in [2.75, 3.05) is 26.2 Å². The van der Waals surface area contributed by atoms with Crippen molar-refractivity contribution in [3.05, 3.63) is 53.7 Å². The second-order valence-corrected chi connectivity index (χ2v) is 6.92. The van der Waals surface area contributed by atoms with Gasteiger partial charge >= 0.3 is 0 Å². The summed E-state index contributed by atoms with van der Waals surface area (Å²) in [6, 6.07) is 12.4. The SMILES string of the molecule is Cl.Cl.NCC1CCN(Cc2ccc([C@H]3COc4cccnc4O3)cc2)CC1. The summed E-state index contributed by atoms with van der Waals surface area (Å²) in [5.41, 5.74) is 8.24. The van der Waals surface area contributed by atoms with Gasteiger partial charge in [0.1, 0.15) is 6.61 Å². The lowest BCUT2D eigenvalue weighted by Crippen LogP contribution is -2.35. The Hall–Kier alpha value is -1.53. The largest absolute Gasteiger partial charge is 0.484 e. The van der Waals surface area contributed by atoms with Crippen LogP contribution in [0.25, 0.3) is 0 Å². The molecule has 4 rings (SSSR count). The van der Waals surface area contributed by atoms with Crippen LogP contribution in [0.4, 0.5) is 0 Å². The van der Waals surface area contributed by atoms with E-state index in [0.29, 0.717) is 18.4 Å². The fraction of sp³-hybridized carbons (Fsp3) is 0.450. The maximum atomic E-state index is 5.97. The molecule has 2 N–H and O–H groups in total. The minimum atomic E-state index is -0.100. The molecule has 148 valence electrons. The van der Waals surface area contributed by atoms with Crippen LogP contribution in [0.15, 0.2) is 42.6 Å². The van der Waals surface area contributed by atoms with E-state index in [1.807, 2.05) is 12.1 Å².